The minimum atomic E-state index is -0.618. The summed E-state index contributed by atoms with van der Waals surface area (Å²) in [6.45, 7) is 6.25. The van der Waals surface area contributed by atoms with Crippen LogP contribution in [-0.4, -0.2) is 36.4 Å². The quantitative estimate of drug-likeness (QED) is 0.738. The summed E-state index contributed by atoms with van der Waals surface area (Å²) in [7, 11) is 1.61. The molecule has 0 bridgehead atoms. The molecule has 2 aromatic rings. The largest absolute Gasteiger partial charge is 0.497 e. The Kier molecular flexibility index (Phi) is 6.77. The summed E-state index contributed by atoms with van der Waals surface area (Å²) >= 11 is 1.34. The summed E-state index contributed by atoms with van der Waals surface area (Å²) in [5.74, 6) is 0.376. The molecule has 1 aromatic carbocycles. The first-order valence-electron chi connectivity index (χ1n) is 7.92. The Labute approximate surface area is 151 Å². The molecule has 1 heterocycles. The lowest BCUT2D eigenvalue weighted by Gasteiger charge is -2.25. The van der Waals surface area contributed by atoms with Gasteiger partial charge in [0.2, 0.25) is 5.91 Å². The highest BCUT2D eigenvalue weighted by Gasteiger charge is 2.22. The standard InChI is InChI=1S/C19H22N2O3S/c1-4-11-21(13-15-7-9-16(24-3)10-8-15)19(23)14(2)20-18(22)17-6-5-12-25-17/h4-10,12,14H,1,11,13H2,2-3H3,(H,20,22). The predicted octanol–water partition coefficient (Wildman–Crippen LogP) is 3.09. The average molecular weight is 358 g/mol. The van der Waals surface area contributed by atoms with Crippen molar-refractivity contribution in [1.82, 2.24) is 10.2 Å². The first-order chi connectivity index (χ1) is 12.0. The highest BCUT2D eigenvalue weighted by molar-refractivity contribution is 7.12. The van der Waals surface area contributed by atoms with E-state index in [-0.39, 0.29) is 11.8 Å². The molecular formula is C19H22N2O3S. The van der Waals surface area contributed by atoms with Gasteiger partial charge in [-0.2, -0.15) is 0 Å². The van der Waals surface area contributed by atoms with E-state index in [1.54, 1.807) is 37.1 Å². The fourth-order valence-corrected chi connectivity index (χ4v) is 2.98. The molecule has 0 saturated heterocycles. The van der Waals surface area contributed by atoms with Crippen molar-refractivity contribution in [2.24, 2.45) is 0 Å². The van der Waals surface area contributed by atoms with Gasteiger partial charge in [0.05, 0.1) is 12.0 Å². The van der Waals surface area contributed by atoms with Gasteiger partial charge in [0, 0.05) is 13.1 Å². The average Bonchev–Trinajstić information content (AvgIpc) is 3.16. The number of methoxy groups -OCH3 is 1. The van der Waals surface area contributed by atoms with Crippen molar-refractivity contribution >= 4 is 23.2 Å². The predicted molar refractivity (Wildman–Crippen MR) is 99.9 cm³/mol. The molecule has 1 unspecified atom stereocenters. The second kappa shape index (κ2) is 9.03. The van der Waals surface area contributed by atoms with Crippen LogP contribution < -0.4 is 10.1 Å². The number of ether oxygens (including phenoxy) is 1. The van der Waals surface area contributed by atoms with Crippen molar-refractivity contribution in [2.75, 3.05) is 13.7 Å². The monoisotopic (exact) mass is 358 g/mol. The van der Waals surface area contributed by atoms with Crippen LogP contribution in [0, 0.1) is 0 Å². The molecular weight excluding hydrogens is 336 g/mol. The van der Waals surface area contributed by atoms with Crippen LogP contribution in [0.4, 0.5) is 0 Å². The van der Waals surface area contributed by atoms with Crippen LogP contribution in [0.1, 0.15) is 22.2 Å². The Balaban J connectivity index is 2.02. The molecule has 0 saturated carbocycles. The number of hydrogen-bond acceptors (Lipinski definition) is 4. The van der Waals surface area contributed by atoms with Crippen LogP contribution in [0.3, 0.4) is 0 Å². The molecule has 0 fully saturated rings. The van der Waals surface area contributed by atoms with E-state index < -0.39 is 6.04 Å². The Bertz CT molecular complexity index is 711. The second-order valence-electron chi connectivity index (χ2n) is 5.53. The first-order valence-corrected chi connectivity index (χ1v) is 8.80. The Morgan fingerprint density at radius 2 is 2.04 bits per heavy atom. The second-order valence-corrected chi connectivity index (χ2v) is 6.48. The van der Waals surface area contributed by atoms with Crippen LogP contribution in [-0.2, 0) is 11.3 Å². The minimum Gasteiger partial charge on any atom is -0.497 e. The molecule has 1 N–H and O–H groups in total. The maximum Gasteiger partial charge on any atom is 0.261 e. The molecule has 6 heteroatoms. The van der Waals surface area contributed by atoms with Crippen molar-refractivity contribution in [2.45, 2.75) is 19.5 Å². The van der Waals surface area contributed by atoms with Crippen LogP contribution in [0.5, 0.6) is 5.75 Å². The van der Waals surface area contributed by atoms with Gasteiger partial charge in [0.25, 0.3) is 5.91 Å². The molecule has 0 radical (unpaired) electrons. The number of rotatable bonds is 8. The normalized spacial score (nSPS) is 11.4. The first kappa shape index (κ1) is 18.7. The van der Waals surface area contributed by atoms with Crippen molar-refractivity contribution in [3.8, 4) is 5.75 Å². The molecule has 0 aliphatic carbocycles. The molecule has 0 aliphatic rings. The van der Waals surface area contributed by atoms with Gasteiger partial charge in [-0.05, 0) is 36.1 Å². The van der Waals surface area contributed by atoms with Gasteiger partial charge in [-0.25, -0.2) is 0 Å². The van der Waals surface area contributed by atoms with Crippen LogP contribution in [0.2, 0.25) is 0 Å². The molecule has 1 atom stereocenters. The van der Waals surface area contributed by atoms with Gasteiger partial charge in [-0.15, -0.1) is 17.9 Å². The molecule has 132 valence electrons. The van der Waals surface area contributed by atoms with E-state index in [1.807, 2.05) is 29.6 Å². The van der Waals surface area contributed by atoms with E-state index in [1.165, 1.54) is 11.3 Å². The summed E-state index contributed by atoms with van der Waals surface area (Å²) < 4.78 is 5.14. The topological polar surface area (TPSA) is 58.6 Å². The van der Waals surface area contributed by atoms with Crippen molar-refractivity contribution in [3.63, 3.8) is 0 Å². The third-order valence-electron chi connectivity index (χ3n) is 3.66. The van der Waals surface area contributed by atoms with E-state index in [4.69, 9.17) is 4.74 Å². The van der Waals surface area contributed by atoms with E-state index in [0.717, 1.165) is 11.3 Å². The fourth-order valence-electron chi connectivity index (χ4n) is 2.35. The van der Waals surface area contributed by atoms with E-state index in [9.17, 15) is 9.59 Å². The summed E-state index contributed by atoms with van der Waals surface area (Å²) in [6, 6.07) is 10.5. The molecule has 2 rings (SSSR count). The highest BCUT2D eigenvalue weighted by atomic mass is 32.1. The zero-order valence-corrected chi connectivity index (χ0v) is 15.2. The van der Waals surface area contributed by atoms with Gasteiger partial charge in [-0.1, -0.05) is 24.3 Å². The molecule has 5 nitrogen and oxygen atoms in total. The Morgan fingerprint density at radius 3 is 2.60 bits per heavy atom. The maximum absolute atomic E-state index is 12.7. The van der Waals surface area contributed by atoms with Gasteiger partial charge in [0.15, 0.2) is 0 Å². The number of hydrogen-bond donors (Lipinski definition) is 1. The van der Waals surface area contributed by atoms with E-state index in [0.29, 0.717) is 18.0 Å². The summed E-state index contributed by atoms with van der Waals surface area (Å²) in [5.41, 5.74) is 0.979. The summed E-state index contributed by atoms with van der Waals surface area (Å²) in [4.78, 5) is 27.1. The highest BCUT2D eigenvalue weighted by Crippen LogP contribution is 2.14. The molecule has 0 aliphatic heterocycles. The Morgan fingerprint density at radius 1 is 1.32 bits per heavy atom. The molecule has 2 amide bonds. The van der Waals surface area contributed by atoms with Gasteiger partial charge in [0.1, 0.15) is 11.8 Å². The zero-order valence-electron chi connectivity index (χ0n) is 14.4. The van der Waals surface area contributed by atoms with Gasteiger partial charge < -0.3 is 15.0 Å². The number of thiophene rings is 1. The van der Waals surface area contributed by atoms with Gasteiger partial charge in [-0.3, -0.25) is 9.59 Å². The Hall–Kier alpha value is -2.60. The number of amides is 2. The van der Waals surface area contributed by atoms with E-state index >= 15 is 0 Å². The lowest BCUT2D eigenvalue weighted by atomic mass is 10.2. The van der Waals surface area contributed by atoms with E-state index in [2.05, 4.69) is 11.9 Å². The number of carbonyl (C=O) groups is 2. The third-order valence-corrected chi connectivity index (χ3v) is 4.53. The zero-order chi connectivity index (χ0) is 18.2. The van der Waals surface area contributed by atoms with Crippen LogP contribution in [0.15, 0.2) is 54.4 Å². The summed E-state index contributed by atoms with van der Waals surface area (Å²) in [6.07, 6.45) is 1.68. The van der Waals surface area contributed by atoms with Crippen molar-refractivity contribution in [3.05, 3.63) is 64.9 Å². The number of nitrogens with zero attached hydrogens (tertiary/aromatic N) is 1. The summed E-state index contributed by atoms with van der Waals surface area (Å²) in [5, 5.41) is 4.58. The number of benzene rings is 1. The fraction of sp³-hybridized carbons (Fsp3) is 0.263. The maximum atomic E-state index is 12.7. The SMILES string of the molecule is C=CCN(Cc1ccc(OC)cc1)C(=O)C(C)NC(=O)c1cccs1. The van der Waals surface area contributed by atoms with Crippen molar-refractivity contribution < 1.29 is 14.3 Å². The van der Waals surface area contributed by atoms with Gasteiger partial charge >= 0.3 is 0 Å². The third kappa shape index (κ3) is 5.19. The number of carbonyl (C=O) groups excluding carboxylic acids is 2. The lowest BCUT2D eigenvalue weighted by molar-refractivity contribution is -0.132. The molecule has 1 aromatic heterocycles. The minimum absolute atomic E-state index is 0.152. The van der Waals surface area contributed by atoms with Crippen molar-refractivity contribution in [1.29, 1.82) is 0 Å². The smallest absolute Gasteiger partial charge is 0.261 e. The lowest BCUT2D eigenvalue weighted by Crippen LogP contribution is -2.46. The molecule has 25 heavy (non-hydrogen) atoms. The van der Waals surface area contributed by atoms with Crippen LogP contribution >= 0.6 is 11.3 Å². The molecule has 0 spiro atoms. The van der Waals surface area contributed by atoms with Crippen LogP contribution in [0.25, 0.3) is 0 Å². The number of nitrogens with one attached hydrogen (secondary N) is 1.